The van der Waals surface area contributed by atoms with Crippen LogP contribution in [0.5, 0.6) is 0 Å². The molecule has 0 radical (unpaired) electrons. The molecule has 0 bridgehead atoms. The Balaban J connectivity index is 2.56. The van der Waals surface area contributed by atoms with E-state index in [-0.39, 0.29) is 23.4 Å². The minimum atomic E-state index is -0.0556. The molecule has 0 aromatic rings. The summed E-state index contributed by atoms with van der Waals surface area (Å²) in [6, 6.07) is 0. The van der Waals surface area contributed by atoms with Crippen molar-refractivity contribution in [2.75, 3.05) is 0 Å². The molecule has 0 spiro atoms. The summed E-state index contributed by atoms with van der Waals surface area (Å²) >= 11 is 0. The number of hydrogen-bond acceptors (Lipinski definition) is 2. The molecular formula is C8H14O2. The van der Waals surface area contributed by atoms with E-state index >= 15 is 0 Å². The Labute approximate surface area is 61.6 Å². The lowest BCUT2D eigenvalue weighted by atomic mass is 9.79. The summed E-state index contributed by atoms with van der Waals surface area (Å²) in [5.74, 6) is 0.0416. The molecule has 0 saturated carbocycles. The van der Waals surface area contributed by atoms with Gasteiger partial charge in [0.15, 0.2) is 0 Å². The molecule has 10 heavy (non-hydrogen) atoms. The van der Waals surface area contributed by atoms with Crippen LogP contribution in [0.15, 0.2) is 0 Å². The zero-order chi connectivity index (χ0) is 7.94. The van der Waals surface area contributed by atoms with E-state index in [1.54, 1.807) is 0 Å². The summed E-state index contributed by atoms with van der Waals surface area (Å²) < 4.78 is 4.98. The Hall–Kier alpha value is -0.530. The first-order valence-corrected chi connectivity index (χ1v) is 3.63. The highest BCUT2D eigenvalue weighted by Crippen LogP contribution is 2.35. The Morgan fingerprint density at radius 2 is 1.90 bits per heavy atom. The number of hydrogen-bond donors (Lipinski definition) is 0. The Morgan fingerprint density at radius 1 is 1.40 bits per heavy atom. The first kappa shape index (κ1) is 7.58. The van der Waals surface area contributed by atoms with Gasteiger partial charge in [0.1, 0.15) is 6.10 Å². The fraction of sp³-hybridized carbons (Fsp3) is 0.875. The van der Waals surface area contributed by atoms with Gasteiger partial charge in [-0.15, -0.1) is 0 Å². The second-order valence-corrected chi connectivity index (χ2v) is 4.01. The quantitative estimate of drug-likeness (QED) is 0.480. The molecule has 1 saturated heterocycles. The van der Waals surface area contributed by atoms with E-state index < -0.39 is 0 Å². The highest BCUT2D eigenvalue weighted by Gasteiger charge is 2.45. The van der Waals surface area contributed by atoms with Crippen molar-refractivity contribution in [1.82, 2.24) is 0 Å². The van der Waals surface area contributed by atoms with Crippen LogP contribution >= 0.6 is 0 Å². The summed E-state index contributed by atoms with van der Waals surface area (Å²) in [4.78, 5) is 10.7. The molecule has 2 nitrogen and oxygen atoms in total. The van der Waals surface area contributed by atoms with Crippen molar-refractivity contribution in [3.63, 3.8) is 0 Å². The van der Waals surface area contributed by atoms with Crippen LogP contribution in [0.3, 0.4) is 0 Å². The minimum Gasteiger partial charge on any atom is -0.461 e. The van der Waals surface area contributed by atoms with Crippen molar-refractivity contribution in [3.8, 4) is 0 Å². The average Bonchev–Trinajstić information content (AvgIpc) is 1.79. The largest absolute Gasteiger partial charge is 0.461 e. The number of cyclic esters (lactones) is 1. The second-order valence-electron chi connectivity index (χ2n) is 4.01. The maximum absolute atomic E-state index is 10.7. The molecule has 0 N–H and O–H groups in total. The van der Waals surface area contributed by atoms with Crippen molar-refractivity contribution in [2.24, 2.45) is 11.3 Å². The SMILES string of the molecule is C[C@H]1C(=O)O[C@@H]1C(C)(C)C. The molecular weight excluding hydrogens is 128 g/mol. The van der Waals surface area contributed by atoms with Gasteiger partial charge < -0.3 is 4.74 Å². The minimum absolute atomic E-state index is 0.0556. The van der Waals surface area contributed by atoms with Crippen LogP contribution in [0.4, 0.5) is 0 Å². The number of carbonyl (C=O) groups is 1. The molecule has 1 rings (SSSR count). The zero-order valence-corrected chi connectivity index (χ0v) is 6.97. The fourth-order valence-corrected chi connectivity index (χ4v) is 1.31. The molecule has 0 unspecified atom stereocenters. The molecule has 1 fully saturated rings. The van der Waals surface area contributed by atoms with E-state index in [0.29, 0.717) is 0 Å². The van der Waals surface area contributed by atoms with Gasteiger partial charge in [-0.2, -0.15) is 0 Å². The van der Waals surface area contributed by atoms with Gasteiger partial charge in [0.25, 0.3) is 0 Å². The van der Waals surface area contributed by atoms with Crippen molar-refractivity contribution in [3.05, 3.63) is 0 Å². The van der Waals surface area contributed by atoms with Crippen LogP contribution in [0.2, 0.25) is 0 Å². The zero-order valence-electron chi connectivity index (χ0n) is 6.97. The first-order chi connectivity index (χ1) is 4.43. The van der Waals surface area contributed by atoms with E-state index in [1.165, 1.54) is 0 Å². The van der Waals surface area contributed by atoms with Gasteiger partial charge in [0.2, 0.25) is 0 Å². The smallest absolute Gasteiger partial charge is 0.312 e. The Morgan fingerprint density at radius 3 is 2.00 bits per heavy atom. The summed E-state index contributed by atoms with van der Waals surface area (Å²) in [6.07, 6.45) is 0.125. The molecule has 0 aromatic carbocycles. The molecule has 1 aliphatic heterocycles. The third-order valence-electron chi connectivity index (χ3n) is 1.92. The van der Waals surface area contributed by atoms with Crippen LogP contribution in [0.1, 0.15) is 27.7 Å². The molecule has 2 heteroatoms. The van der Waals surface area contributed by atoms with Crippen molar-refractivity contribution in [2.45, 2.75) is 33.8 Å². The van der Waals surface area contributed by atoms with Crippen LogP contribution in [0, 0.1) is 11.3 Å². The standard InChI is InChI=1S/C8H14O2/c1-5-6(8(2,3)4)10-7(5)9/h5-6H,1-4H3/t5-,6+/m1/s1. The third-order valence-corrected chi connectivity index (χ3v) is 1.92. The molecule has 1 aliphatic rings. The molecule has 1 heterocycles. The first-order valence-electron chi connectivity index (χ1n) is 3.63. The van der Waals surface area contributed by atoms with Gasteiger partial charge in [-0.1, -0.05) is 20.8 Å². The summed E-state index contributed by atoms with van der Waals surface area (Å²) in [5, 5.41) is 0. The van der Waals surface area contributed by atoms with Crippen molar-refractivity contribution >= 4 is 5.97 Å². The summed E-state index contributed by atoms with van der Waals surface area (Å²) in [7, 11) is 0. The average molecular weight is 142 g/mol. The summed E-state index contributed by atoms with van der Waals surface area (Å²) in [6.45, 7) is 8.17. The monoisotopic (exact) mass is 142 g/mol. The molecule has 2 atom stereocenters. The number of carbonyl (C=O) groups excluding carboxylic acids is 1. The highest BCUT2D eigenvalue weighted by atomic mass is 16.6. The van der Waals surface area contributed by atoms with Gasteiger partial charge in [0.05, 0.1) is 5.92 Å². The Kier molecular flexibility index (Phi) is 1.50. The maximum atomic E-state index is 10.7. The van der Waals surface area contributed by atoms with Crippen molar-refractivity contribution in [1.29, 1.82) is 0 Å². The fourth-order valence-electron chi connectivity index (χ4n) is 1.31. The van der Waals surface area contributed by atoms with E-state index in [4.69, 9.17) is 4.74 Å². The third kappa shape index (κ3) is 1.02. The van der Waals surface area contributed by atoms with E-state index in [0.717, 1.165) is 0 Å². The van der Waals surface area contributed by atoms with E-state index in [1.807, 2.05) is 6.92 Å². The lowest BCUT2D eigenvalue weighted by molar-refractivity contribution is -0.195. The molecule has 0 aliphatic carbocycles. The van der Waals surface area contributed by atoms with Gasteiger partial charge in [-0.05, 0) is 12.3 Å². The van der Waals surface area contributed by atoms with Crippen LogP contribution < -0.4 is 0 Å². The highest BCUT2D eigenvalue weighted by molar-refractivity contribution is 5.78. The van der Waals surface area contributed by atoms with E-state index in [2.05, 4.69) is 20.8 Å². The predicted octanol–water partition coefficient (Wildman–Crippen LogP) is 1.59. The van der Waals surface area contributed by atoms with Gasteiger partial charge in [-0.25, -0.2) is 0 Å². The number of rotatable bonds is 0. The van der Waals surface area contributed by atoms with Crippen LogP contribution in [-0.2, 0) is 9.53 Å². The molecule has 0 amide bonds. The summed E-state index contributed by atoms with van der Waals surface area (Å²) in [5.41, 5.74) is 0.104. The maximum Gasteiger partial charge on any atom is 0.312 e. The van der Waals surface area contributed by atoms with Gasteiger partial charge in [-0.3, -0.25) is 4.79 Å². The Bertz CT molecular complexity index is 155. The second kappa shape index (κ2) is 1.97. The van der Waals surface area contributed by atoms with Gasteiger partial charge in [0, 0.05) is 0 Å². The van der Waals surface area contributed by atoms with Crippen LogP contribution in [0.25, 0.3) is 0 Å². The lowest BCUT2D eigenvalue weighted by Gasteiger charge is -2.41. The number of esters is 1. The van der Waals surface area contributed by atoms with Gasteiger partial charge >= 0.3 is 5.97 Å². The molecule has 58 valence electrons. The lowest BCUT2D eigenvalue weighted by Crippen LogP contribution is -2.50. The normalized spacial score (nSPS) is 33.0. The van der Waals surface area contributed by atoms with Crippen molar-refractivity contribution < 1.29 is 9.53 Å². The predicted molar refractivity (Wildman–Crippen MR) is 38.5 cm³/mol. The topological polar surface area (TPSA) is 26.3 Å². The molecule has 0 aromatic heterocycles. The van der Waals surface area contributed by atoms with Crippen LogP contribution in [-0.4, -0.2) is 12.1 Å². The van der Waals surface area contributed by atoms with E-state index in [9.17, 15) is 4.79 Å². The number of ether oxygens (including phenoxy) is 1.